The van der Waals surface area contributed by atoms with Gasteiger partial charge in [-0.05, 0) is 111 Å². The number of carbonyl (C=O) groups is 3. The average Bonchev–Trinajstić information content (AvgIpc) is 3.53. The number of carbonyl (C=O) groups excluding carboxylic acids is 3. The number of esters is 1. The Bertz CT molecular complexity index is 1370. The SMILES string of the molecule is C[C@]12CCC(=O)C=C1CCC1C2CC[C@@]2(C)C1CC[C@@H]2OC(=O)[C@@H]1CCCN1C(=O)c1ccc(S(N)(=O)=O)cc1. The van der Waals surface area contributed by atoms with Crippen LogP contribution in [0.2, 0.25) is 0 Å². The van der Waals surface area contributed by atoms with Crippen LogP contribution in [0.4, 0.5) is 0 Å². The first kappa shape index (κ1) is 27.6. The molecule has 0 bridgehead atoms. The molecule has 9 heteroatoms. The first-order valence-electron chi connectivity index (χ1n) is 14.8. The number of sulfonamides is 1. The number of ether oxygens (including phenoxy) is 1. The molecule has 0 spiro atoms. The molecule has 3 saturated carbocycles. The van der Waals surface area contributed by atoms with E-state index >= 15 is 0 Å². The highest BCUT2D eigenvalue weighted by molar-refractivity contribution is 7.89. The second-order valence-electron chi connectivity index (χ2n) is 13.2. The molecule has 2 N–H and O–H groups in total. The number of likely N-dealkylation sites (tertiary alicyclic amines) is 1. The van der Waals surface area contributed by atoms with Crippen LogP contribution in [0.25, 0.3) is 0 Å². The minimum Gasteiger partial charge on any atom is -0.460 e. The van der Waals surface area contributed by atoms with Crippen molar-refractivity contribution in [3.8, 4) is 0 Å². The van der Waals surface area contributed by atoms with Gasteiger partial charge in [0.25, 0.3) is 5.91 Å². The lowest BCUT2D eigenvalue weighted by Crippen LogP contribution is -2.52. The highest BCUT2D eigenvalue weighted by atomic mass is 32.2. The van der Waals surface area contributed by atoms with Crippen LogP contribution in [0.5, 0.6) is 0 Å². The minimum absolute atomic E-state index is 0.0589. The zero-order chi connectivity index (χ0) is 28.4. The molecule has 5 aliphatic rings. The van der Waals surface area contributed by atoms with Crippen molar-refractivity contribution in [2.24, 2.45) is 33.7 Å². The average molecular weight is 569 g/mol. The lowest BCUT2D eigenvalue weighted by atomic mass is 9.47. The molecule has 8 nitrogen and oxygen atoms in total. The summed E-state index contributed by atoms with van der Waals surface area (Å²) in [6.07, 6.45) is 10.8. The molecule has 1 saturated heterocycles. The molecule has 1 aliphatic heterocycles. The number of benzene rings is 1. The van der Waals surface area contributed by atoms with Crippen LogP contribution in [0.15, 0.2) is 40.8 Å². The molecule has 7 atom stereocenters. The number of nitrogens with zero attached hydrogens (tertiary/aromatic N) is 1. The third-order valence-electron chi connectivity index (χ3n) is 11.3. The van der Waals surface area contributed by atoms with Gasteiger partial charge in [-0.1, -0.05) is 19.4 Å². The Labute approximate surface area is 236 Å². The Balaban J connectivity index is 1.15. The molecule has 1 aromatic rings. The second kappa shape index (κ2) is 9.79. The van der Waals surface area contributed by atoms with Crippen LogP contribution in [0, 0.1) is 28.6 Å². The van der Waals surface area contributed by atoms with E-state index in [2.05, 4.69) is 13.8 Å². The summed E-state index contributed by atoms with van der Waals surface area (Å²) in [7, 11) is -3.85. The smallest absolute Gasteiger partial charge is 0.329 e. The molecule has 4 fully saturated rings. The maximum absolute atomic E-state index is 13.6. The number of primary sulfonamides is 1. The first-order chi connectivity index (χ1) is 18.9. The quantitative estimate of drug-likeness (QED) is 0.538. The highest BCUT2D eigenvalue weighted by Crippen LogP contribution is 2.65. The van der Waals surface area contributed by atoms with Crippen LogP contribution in [0.1, 0.15) is 88.4 Å². The monoisotopic (exact) mass is 568 g/mol. The molecule has 0 radical (unpaired) electrons. The van der Waals surface area contributed by atoms with Gasteiger partial charge in [-0.25, -0.2) is 18.4 Å². The standard InChI is InChI=1S/C31H40N2O6S/c1-30-15-13-21(34)18-20(30)7-10-23-24-11-12-27(31(24,2)16-14-25(23)30)39-29(36)26-4-3-17-33(26)28(35)19-5-8-22(9-6-19)40(32,37)38/h5-6,8-9,18,23-27H,3-4,7,10-17H2,1-2H3,(H2,32,37,38)/t23?,24?,25?,26-,27-,30-,31-/m0/s1. The van der Waals surface area contributed by atoms with Gasteiger partial charge in [-0.3, -0.25) is 9.59 Å². The van der Waals surface area contributed by atoms with Crippen LogP contribution in [0.3, 0.4) is 0 Å². The van der Waals surface area contributed by atoms with Gasteiger partial charge in [0.1, 0.15) is 12.1 Å². The number of rotatable bonds is 4. The van der Waals surface area contributed by atoms with Gasteiger partial charge in [0.2, 0.25) is 10.0 Å². The predicted molar refractivity (Wildman–Crippen MR) is 148 cm³/mol. The maximum Gasteiger partial charge on any atom is 0.329 e. The van der Waals surface area contributed by atoms with Gasteiger partial charge >= 0.3 is 5.97 Å². The van der Waals surface area contributed by atoms with E-state index in [4.69, 9.17) is 9.88 Å². The molecule has 3 unspecified atom stereocenters. The van der Waals surface area contributed by atoms with Gasteiger partial charge in [-0.2, -0.15) is 0 Å². The van der Waals surface area contributed by atoms with E-state index in [9.17, 15) is 22.8 Å². The van der Waals surface area contributed by atoms with Crippen molar-refractivity contribution in [3.05, 3.63) is 41.5 Å². The lowest BCUT2D eigenvalue weighted by Gasteiger charge is -2.57. The number of amides is 1. The number of nitrogens with two attached hydrogens (primary N) is 1. The molecule has 1 amide bonds. The van der Waals surface area contributed by atoms with Crippen molar-refractivity contribution in [3.63, 3.8) is 0 Å². The lowest BCUT2D eigenvalue weighted by molar-refractivity contribution is -0.164. The number of fused-ring (bicyclic) bond motifs is 5. The summed E-state index contributed by atoms with van der Waals surface area (Å²) >= 11 is 0. The third-order valence-corrected chi connectivity index (χ3v) is 12.3. The topological polar surface area (TPSA) is 124 Å². The number of ketones is 1. The van der Waals surface area contributed by atoms with E-state index < -0.39 is 16.1 Å². The van der Waals surface area contributed by atoms with E-state index in [0.717, 1.165) is 44.9 Å². The summed E-state index contributed by atoms with van der Waals surface area (Å²) in [5.41, 5.74) is 1.72. The van der Waals surface area contributed by atoms with Crippen molar-refractivity contribution in [2.75, 3.05) is 6.54 Å². The van der Waals surface area contributed by atoms with Gasteiger partial charge in [-0.15, -0.1) is 0 Å². The minimum atomic E-state index is -3.85. The fraction of sp³-hybridized carbons (Fsp3) is 0.645. The van der Waals surface area contributed by atoms with Crippen molar-refractivity contribution in [1.82, 2.24) is 4.90 Å². The first-order valence-corrected chi connectivity index (χ1v) is 16.3. The Morgan fingerprint density at radius 1 is 0.975 bits per heavy atom. The summed E-state index contributed by atoms with van der Waals surface area (Å²) in [5.74, 6) is 1.31. The summed E-state index contributed by atoms with van der Waals surface area (Å²) < 4.78 is 29.4. The molecule has 216 valence electrons. The fourth-order valence-corrected chi connectivity index (χ4v) is 9.65. The molecular weight excluding hydrogens is 528 g/mol. The summed E-state index contributed by atoms with van der Waals surface area (Å²) in [4.78, 5) is 40.5. The molecule has 40 heavy (non-hydrogen) atoms. The number of hydrogen-bond donors (Lipinski definition) is 1. The molecule has 6 rings (SSSR count). The Morgan fingerprint density at radius 3 is 2.45 bits per heavy atom. The maximum atomic E-state index is 13.6. The zero-order valence-corrected chi connectivity index (χ0v) is 24.3. The van der Waals surface area contributed by atoms with Crippen LogP contribution in [-0.2, 0) is 24.3 Å². The van der Waals surface area contributed by atoms with Crippen molar-refractivity contribution >= 4 is 27.7 Å². The molecule has 0 aromatic heterocycles. The Hall–Kier alpha value is -2.52. The van der Waals surface area contributed by atoms with E-state index in [1.54, 1.807) is 4.90 Å². The van der Waals surface area contributed by atoms with E-state index in [1.165, 1.54) is 29.8 Å². The van der Waals surface area contributed by atoms with Crippen molar-refractivity contribution in [1.29, 1.82) is 0 Å². The number of allylic oxidation sites excluding steroid dienone is 1. The molecular formula is C31H40N2O6S. The van der Waals surface area contributed by atoms with Crippen molar-refractivity contribution < 1.29 is 27.5 Å². The Morgan fingerprint density at radius 2 is 1.73 bits per heavy atom. The predicted octanol–water partition coefficient (Wildman–Crippen LogP) is 4.38. The zero-order valence-electron chi connectivity index (χ0n) is 23.4. The van der Waals surface area contributed by atoms with E-state index in [-0.39, 0.29) is 39.5 Å². The normalized spacial score (nSPS) is 37.3. The summed E-state index contributed by atoms with van der Waals surface area (Å²) in [6, 6.07) is 4.88. The van der Waals surface area contributed by atoms with Crippen molar-refractivity contribution in [2.45, 2.75) is 95.1 Å². The fourth-order valence-electron chi connectivity index (χ4n) is 9.13. The second-order valence-corrected chi connectivity index (χ2v) is 14.8. The largest absolute Gasteiger partial charge is 0.460 e. The van der Waals surface area contributed by atoms with E-state index in [0.29, 0.717) is 49.1 Å². The number of hydrogen-bond acceptors (Lipinski definition) is 6. The van der Waals surface area contributed by atoms with Crippen LogP contribution >= 0.6 is 0 Å². The summed E-state index contributed by atoms with van der Waals surface area (Å²) in [5, 5.41) is 5.18. The highest BCUT2D eigenvalue weighted by Gasteiger charge is 2.60. The Kier molecular flexibility index (Phi) is 6.77. The van der Waals surface area contributed by atoms with Crippen LogP contribution < -0.4 is 5.14 Å². The molecule has 1 heterocycles. The van der Waals surface area contributed by atoms with E-state index in [1.807, 2.05) is 6.08 Å². The van der Waals surface area contributed by atoms with Gasteiger partial charge in [0.15, 0.2) is 5.78 Å². The molecule has 4 aliphatic carbocycles. The van der Waals surface area contributed by atoms with Crippen LogP contribution in [-0.4, -0.2) is 49.7 Å². The summed E-state index contributed by atoms with van der Waals surface area (Å²) in [6.45, 7) is 5.15. The van der Waals surface area contributed by atoms with Gasteiger partial charge in [0.05, 0.1) is 4.90 Å². The molecule has 1 aromatic carbocycles. The van der Waals surface area contributed by atoms with Gasteiger partial charge in [0, 0.05) is 23.9 Å². The van der Waals surface area contributed by atoms with Gasteiger partial charge < -0.3 is 9.64 Å². The third kappa shape index (κ3) is 4.44.